The first-order valence-electron chi connectivity index (χ1n) is 10.6. The Hall–Kier alpha value is -3.78. The molecular formula is C25H21N5O2S. The van der Waals surface area contributed by atoms with Crippen molar-refractivity contribution in [2.45, 2.75) is 24.9 Å². The highest BCUT2D eigenvalue weighted by Gasteiger charge is 2.15. The van der Waals surface area contributed by atoms with Gasteiger partial charge in [0.1, 0.15) is 0 Å². The Morgan fingerprint density at radius 2 is 1.76 bits per heavy atom. The first kappa shape index (κ1) is 21.1. The van der Waals surface area contributed by atoms with Crippen molar-refractivity contribution >= 4 is 22.7 Å². The zero-order chi connectivity index (χ0) is 22.6. The van der Waals surface area contributed by atoms with Crippen molar-refractivity contribution in [3.05, 3.63) is 94.9 Å². The zero-order valence-corrected chi connectivity index (χ0v) is 18.8. The van der Waals surface area contributed by atoms with Crippen LogP contribution < -0.4 is 5.56 Å². The molecule has 33 heavy (non-hydrogen) atoms. The number of fused-ring (bicyclic) bond motifs is 1. The summed E-state index contributed by atoms with van der Waals surface area (Å²) < 4.78 is 7.11. The second-order valence-electron chi connectivity index (χ2n) is 7.54. The molecule has 0 saturated carbocycles. The van der Waals surface area contributed by atoms with Crippen molar-refractivity contribution in [3.63, 3.8) is 0 Å². The molecule has 0 bridgehead atoms. The van der Waals surface area contributed by atoms with E-state index in [9.17, 15) is 4.79 Å². The molecule has 5 rings (SSSR count). The van der Waals surface area contributed by atoms with Crippen LogP contribution in [0.1, 0.15) is 17.9 Å². The predicted molar refractivity (Wildman–Crippen MR) is 129 cm³/mol. The molecule has 7 nitrogen and oxygen atoms in total. The molecule has 0 fully saturated rings. The average molecular weight is 456 g/mol. The molecule has 0 aliphatic rings. The fraction of sp³-hybridized carbons (Fsp3) is 0.160. The first-order chi connectivity index (χ1) is 16.2. The number of thioether (sulfide) groups is 1. The lowest BCUT2D eigenvalue weighted by Gasteiger charge is -2.15. The summed E-state index contributed by atoms with van der Waals surface area (Å²) in [6.45, 7) is 2.00. The van der Waals surface area contributed by atoms with E-state index in [1.807, 2.05) is 67.6 Å². The van der Waals surface area contributed by atoms with Gasteiger partial charge in [-0.15, -0.1) is 0 Å². The summed E-state index contributed by atoms with van der Waals surface area (Å²) in [5.74, 6) is 1.90. The van der Waals surface area contributed by atoms with Gasteiger partial charge in [-0.3, -0.25) is 14.3 Å². The Kier molecular flexibility index (Phi) is 5.99. The van der Waals surface area contributed by atoms with E-state index in [0.717, 1.165) is 29.0 Å². The molecule has 0 saturated heterocycles. The van der Waals surface area contributed by atoms with Crippen LogP contribution in [0, 0.1) is 6.92 Å². The second kappa shape index (κ2) is 9.38. The highest BCUT2D eigenvalue weighted by atomic mass is 32.2. The summed E-state index contributed by atoms with van der Waals surface area (Å²) in [6, 6.07) is 19.0. The van der Waals surface area contributed by atoms with E-state index in [4.69, 9.17) is 9.51 Å². The number of pyridine rings is 1. The number of rotatable bonds is 7. The summed E-state index contributed by atoms with van der Waals surface area (Å²) in [4.78, 5) is 26.7. The van der Waals surface area contributed by atoms with Gasteiger partial charge in [-0.1, -0.05) is 47.3 Å². The summed E-state index contributed by atoms with van der Waals surface area (Å²) in [5, 5.41) is 5.34. The molecule has 0 atom stereocenters. The average Bonchev–Trinajstić information content (AvgIpc) is 3.32. The van der Waals surface area contributed by atoms with E-state index < -0.39 is 0 Å². The Labute approximate surface area is 194 Å². The SMILES string of the molecule is Cc1ccccc1-n1c(SCCCc2nc(-c3ccncc3)no2)nc2ccccc2c1=O. The van der Waals surface area contributed by atoms with Crippen molar-refractivity contribution in [1.29, 1.82) is 0 Å². The number of aryl methyl sites for hydroxylation is 2. The van der Waals surface area contributed by atoms with Crippen LogP contribution in [-0.2, 0) is 6.42 Å². The number of hydrogen-bond acceptors (Lipinski definition) is 7. The number of aromatic nitrogens is 5. The van der Waals surface area contributed by atoms with Crippen LogP contribution in [0.4, 0.5) is 0 Å². The minimum atomic E-state index is -0.0590. The summed E-state index contributed by atoms with van der Waals surface area (Å²) in [5.41, 5.74) is 3.39. The van der Waals surface area contributed by atoms with Crippen molar-refractivity contribution in [1.82, 2.24) is 24.7 Å². The van der Waals surface area contributed by atoms with Gasteiger partial charge in [0, 0.05) is 30.1 Å². The largest absolute Gasteiger partial charge is 0.339 e. The lowest BCUT2D eigenvalue weighted by Crippen LogP contribution is -2.22. The van der Waals surface area contributed by atoms with Crippen LogP contribution in [0.25, 0.3) is 28.0 Å². The maximum atomic E-state index is 13.4. The van der Waals surface area contributed by atoms with Gasteiger partial charge in [0.05, 0.1) is 16.6 Å². The molecule has 0 unspecified atom stereocenters. The molecular weight excluding hydrogens is 434 g/mol. The number of hydrogen-bond donors (Lipinski definition) is 0. The molecule has 164 valence electrons. The lowest BCUT2D eigenvalue weighted by atomic mass is 10.2. The second-order valence-corrected chi connectivity index (χ2v) is 8.60. The van der Waals surface area contributed by atoms with Gasteiger partial charge in [-0.05, 0) is 49.2 Å². The summed E-state index contributed by atoms with van der Waals surface area (Å²) >= 11 is 1.56. The summed E-state index contributed by atoms with van der Waals surface area (Å²) in [7, 11) is 0. The topological polar surface area (TPSA) is 86.7 Å². The van der Waals surface area contributed by atoms with Crippen LogP contribution in [-0.4, -0.2) is 30.4 Å². The Bertz CT molecular complexity index is 1460. The predicted octanol–water partition coefficient (Wildman–Crippen LogP) is 4.86. The molecule has 0 aliphatic carbocycles. The number of benzene rings is 2. The maximum absolute atomic E-state index is 13.4. The monoisotopic (exact) mass is 455 g/mol. The third-order valence-electron chi connectivity index (χ3n) is 5.27. The first-order valence-corrected chi connectivity index (χ1v) is 11.6. The van der Waals surface area contributed by atoms with Gasteiger partial charge in [0.2, 0.25) is 11.7 Å². The summed E-state index contributed by atoms with van der Waals surface area (Å²) in [6.07, 6.45) is 4.85. The maximum Gasteiger partial charge on any atom is 0.266 e. The van der Waals surface area contributed by atoms with Gasteiger partial charge in [-0.2, -0.15) is 4.98 Å². The van der Waals surface area contributed by atoms with Crippen molar-refractivity contribution < 1.29 is 4.52 Å². The fourth-order valence-corrected chi connectivity index (χ4v) is 4.54. The Morgan fingerprint density at radius 1 is 0.970 bits per heavy atom. The zero-order valence-electron chi connectivity index (χ0n) is 18.0. The van der Waals surface area contributed by atoms with Crippen LogP contribution >= 0.6 is 11.8 Å². The third kappa shape index (κ3) is 4.42. The van der Waals surface area contributed by atoms with E-state index in [1.54, 1.807) is 28.7 Å². The Balaban J connectivity index is 1.36. The smallest absolute Gasteiger partial charge is 0.266 e. The van der Waals surface area contributed by atoms with Gasteiger partial charge in [0.25, 0.3) is 5.56 Å². The normalized spacial score (nSPS) is 11.2. The van der Waals surface area contributed by atoms with Crippen LogP contribution in [0.15, 0.2) is 87.5 Å². The molecule has 3 aromatic heterocycles. The number of para-hydroxylation sites is 2. The Morgan fingerprint density at radius 3 is 2.61 bits per heavy atom. The van der Waals surface area contributed by atoms with Crippen molar-refractivity contribution in [3.8, 4) is 17.1 Å². The third-order valence-corrected chi connectivity index (χ3v) is 6.30. The molecule has 8 heteroatoms. The fourth-order valence-electron chi connectivity index (χ4n) is 3.60. The van der Waals surface area contributed by atoms with Crippen molar-refractivity contribution in [2.24, 2.45) is 0 Å². The van der Waals surface area contributed by atoms with Crippen LogP contribution in [0.3, 0.4) is 0 Å². The molecule has 0 spiro atoms. The van der Waals surface area contributed by atoms with Gasteiger partial charge < -0.3 is 4.52 Å². The van der Waals surface area contributed by atoms with E-state index in [-0.39, 0.29) is 5.56 Å². The highest BCUT2D eigenvalue weighted by Crippen LogP contribution is 2.24. The van der Waals surface area contributed by atoms with Gasteiger partial charge >= 0.3 is 0 Å². The van der Waals surface area contributed by atoms with Crippen LogP contribution in [0.2, 0.25) is 0 Å². The van der Waals surface area contributed by atoms with E-state index in [1.165, 1.54) is 0 Å². The highest BCUT2D eigenvalue weighted by molar-refractivity contribution is 7.99. The quantitative estimate of drug-likeness (QED) is 0.197. The van der Waals surface area contributed by atoms with E-state index in [2.05, 4.69) is 15.1 Å². The standard InChI is InChI=1S/C25H21N5O2S/c1-17-7-2-5-10-21(17)30-24(31)19-8-3-4-9-20(19)27-25(30)33-16-6-11-22-28-23(29-32-22)18-12-14-26-15-13-18/h2-5,7-10,12-15H,6,11,16H2,1H3. The number of nitrogens with zero attached hydrogens (tertiary/aromatic N) is 5. The van der Waals surface area contributed by atoms with Gasteiger partial charge in [-0.25, -0.2) is 4.98 Å². The molecule has 3 heterocycles. The molecule has 0 aliphatic heterocycles. The van der Waals surface area contributed by atoms with E-state index in [0.29, 0.717) is 34.2 Å². The molecule has 0 amide bonds. The molecule has 0 radical (unpaired) electrons. The molecule has 5 aromatic rings. The van der Waals surface area contributed by atoms with Crippen LogP contribution in [0.5, 0.6) is 0 Å². The molecule has 2 aromatic carbocycles. The van der Waals surface area contributed by atoms with Crippen molar-refractivity contribution in [2.75, 3.05) is 5.75 Å². The minimum absolute atomic E-state index is 0.0590. The van der Waals surface area contributed by atoms with E-state index >= 15 is 0 Å². The minimum Gasteiger partial charge on any atom is -0.339 e. The van der Waals surface area contributed by atoms with Gasteiger partial charge in [0.15, 0.2) is 5.16 Å². The lowest BCUT2D eigenvalue weighted by molar-refractivity contribution is 0.378. The molecule has 0 N–H and O–H groups in total.